The molecule has 0 saturated heterocycles. The second kappa shape index (κ2) is 4.25. The zero-order valence-electron chi connectivity index (χ0n) is 7.20. The largest absolute Gasteiger partial charge is 0.387 e. The van der Waals surface area contributed by atoms with Crippen LogP contribution < -0.4 is 4.90 Å². The van der Waals surface area contributed by atoms with E-state index in [2.05, 4.69) is 0 Å². The van der Waals surface area contributed by atoms with Gasteiger partial charge in [0.2, 0.25) is 0 Å². The predicted molar refractivity (Wildman–Crippen MR) is 51.9 cm³/mol. The van der Waals surface area contributed by atoms with Gasteiger partial charge in [-0.25, -0.2) is 0 Å². The van der Waals surface area contributed by atoms with Crippen molar-refractivity contribution in [2.45, 2.75) is 0 Å². The highest BCUT2D eigenvalue weighted by Crippen LogP contribution is 2.17. The number of rotatable bonds is 2. The topological polar surface area (TPSA) is 40.5 Å². The molecule has 0 aliphatic rings. The Morgan fingerprint density at radius 3 is 2.85 bits per heavy atom. The number of benzene rings is 1. The third-order valence-corrected chi connectivity index (χ3v) is 1.94. The fourth-order valence-electron chi connectivity index (χ4n) is 0.935. The van der Waals surface area contributed by atoms with E-state index in [4.69, 9.17) is 16.7 Å². The molecule has 0 bridgehead atoms. The van der Waals surface area contributed by atoms with Crippen LogP contribution in [0, 0.1) is 0 Å². The molecule has 1 aromatic carbocycles. The molecule has 0 spiro atoms. The maximum absolute atomic E-state index is 11.1. The number of nitrogens with zero attached hydrogens (tertiary/aromatic N) is 1. The molecule has 1 aromatic rings. The Hall–Kier alpha value is -1.06. The van der Waals surface area contributed by atoms with E-state index in [0.717, 1.165) is 0 Å². The number of carbonyl (C=O) groups excluding carboxylic acids is 1. The number of amides is 1. The Morgan fingerprint density at radius 2 is 2.31 bits per heavy atom. The van der Waals surface area contributed by atoms with Crippen molar-refractivity contribution in [3.8, 4) is 0 Å². The lowest BCUT2D eigenvalue weighted by molar-refractivity contribution is -0.120. The molecule has 0 saturated carbocycles. The lowest BCUT2D eigenvalue weighted by Gasteiger charge is -2.15. The van der Waals surface area contributed by atoms with Gasteiger partial charge in [-0.3, -0.25) is 4.79 Å². The van der Waals surface area contributed by atoms with Crippen molar-refractivity contribution in [1.82, 2.24) is 0 Å². The zero-order valence-corrected chi connectivity index (χ0v) is 7.95. The summed E-state index contributed by atoms with van der Waals surface area (Å²) in [5.74, 6) is -0.359. The van der Waals surface area contributed by atoms with Crippen LogP contribution in [0.15, 0.2) is 24.3 Å². The summed E-state index contributed by atoms with van der Waals surface area (Å²) < 4.78 is 0. The van der Waals surface area contributed by atoms with Crippen LogP contribution >= 0.6 is 11.6 Å². The van der Waals surface area contributed by atoms with Crippen molar-refractivity contribution in [2.75, 3.05) is 18.6 Å². The highest BCUT2D eigenvalue weighted by Gasteiger charge is 2.08. The van der Waals surface area contributed by atoms with Crippen LogP contribution in [-0.4, -0.2) is 24.7 Å². The van der Waals surface area contributed by atoms with Crippen molar-refractivity contribution in [3.05, 3.63) is 29.3 Å². The number of aliphatic hydroxyl groups excluding tert-OH is 1. The third-order valence-electron chi connectivity index (χ3n) is 1.70. The first-order valence-electron chi connectivity index (χ1n) is 3.78. The number of likely N-dealkylation sites (N-methyl/N-ethyl adjacent to an activating group) is 1. The van der Waals surface area contributed by atoms with E-state index in [0.29, 0.717) is 10.7 Å². The standard InChI is InChI=1S/C9H10ClNO2/c1-11(9(13)6-12)8-4-2-3-7(10)5-8/h2-5,12H,6H2,1H3. The summed E-state index contributed by atoms with van der Waals surface area (Å²) in [5, 5.41) is 9.18. The van der Waals surface area contributed by atoms with E-state index < -0.39 is 6.61 Å². The second-order valence-corrected chi connectivity index (χ2v) is 3.03. The molecule has 3 nitrogen and oxygen atoms in total. The van der Waals surface area contributed by atoms with Gasteiger partial charge in [0.1, 0.15) is 6.61 Å². The summed E-state index contributed by atoms with van der Waals surface area (Å²) >= 11 is 5.74. The summed E-state index contributed by atoms with van der Waals surface area (Å²) in [7, 11) is 1.59. The molecule has 0 unspecified atom stereocenters. The Bertz CT molecular complexity index is 314. The first-order chi connectivity index (χ1) is 6.15. The first kappa shape index (κ1) is 10.0. The molecule has 70 valence electrons. The predicted octanol–water partition coefficient (Wildman–Crippen LogP) is 1.30. The van der Waals surface area contributed by atoms with Crippen LogP contribution in [0.5, 0.6) is 0 Å². The summed E-state index contributed by atoms with van der Waals surface area (Å²) in [4.78, 5) is 12.4. The molecule has 1 rings (SSSR count). The van der Waals surface area contributed by atoms with Gasteiger partial charge >= 0.3 is 0 Å². The number of hydrogen-bond acceptors (Lipinski definition) is 2. The molecule has 1 N–H and O–H groups in total. The fraction of sp³-hybridized carbons (Fsp3) is 0.222. The molecule has 0 heterocycles. The van der Waals surface area contributed by atoms with Crippen LogP contribution in [0.25, 0.3) is 0 Å². The van der Waals surface area contributed by atoms with Gasteiger partial charge in [-0.15, -0.1) is 0 Å². The molecule has 4 heteroatoms. The highest BCUT2D eigenvalue weighted by molar-refractivity contribution is 6.30. The summed E-state index contributed by atoms with van der Waals surface area (Å²) in [5.41, 5.74) is 0.673. The first-order valence-corrected chi connectivity index (χ1v) is 4.16. The molecule has 13 heavy (non-hydrogen) atoms. The number of hydrogen-bond donors (Lipinski definition) is 1. The van der Waals surface area contributed by atoms with Crippen molar-refractivity contribution in [2.24, 2.45) is 0 Å². The Morgan fingerprint density at radius 1 is 1.62 bits per heavy atom. The smallest absolute Gasteiger partial charge is 0.252 e. The quantitative estimate of drug-likeness (QED) is 0.780. The Labute approximate surface area is 81.5 Å². The van der Waals surface area contributed by atoms with Crippen LogP contribution in [0.2, 0.25) is 5.02 Å². The van der Waals surface area contributed by atoms with Crippen molar-refractivity contribution < 1.29 is 9.90 Å². The van der Waals surface area contributed by atoms with Crippen LogP contribution in [0.3, 0.4) is 0 Å². The minimum absolute atomic E-state index is 0.359. The maximum atomic E-state index is 11.1. The van der Waals surface area contributed by atoms with Gasteiger partial charge in [-0.1, -0.05) is 17.7 Å². The minimum atomic E-state index is -0.497. The molecule has 0 fully saturated rings. The lowest BCUT2D eigenvalue weighted by Crippen LogP contribution is -2.28. The average molecular weight is 200 g/mol. The van der Waals surface area contributed by atoms with E-state index in [9.17, 15) is 4.79 Å². The number of anilines is 1. The summed E-state index contributed by atoms with van der Waals surface area (Å²) in [6.45, 7) is -0.497. The maximum Gasteiger partial charge on any atom is 0.252 e. The normalized spacial score (nSPS) is 9.77. The second-order valence-electron chi connectivity index (χ2n) is 2.59. The van der Waals surface area contributed by atoms with Gasteiger partial charge in [0.25, 0.3) is 5.91 Å². The molecule has 1 amide bonds. The molecule has 0 aliphatic carbocycles. The Kier molecular flexibility index (Phi) is 3.28. The third kappa shape index (κ3) is 2.44. The fourth-order valence-corrected chi connectivity index (χ4v) is 1.12. The van der Waals surface area contributed by atoms with Crippen LogP contribution in [0.4, 0.5) is 5.69 Å². The zero-order chi connectivity index (χ0) is 9.84. The minimum Gasteiger partial charge on any atom is -0.387 e. The van der Waals surface area contributed by atoms with Crippen molar-refractivity contribution in [3.63, 3.8) is 0 Å². The molecular formula is C9H10ClNO2. The van der Waals surface area contributed by atoms with E-state index in [-0.39, 0.29) is 5.91 Å². The van der Waals surface area contributed by atoms with E-state index >= 15 is 0 Å². The summed E-state index contributed by atoms with van der Waals surface area (Å²) in [6, 6.07) is 6.88. The van der Waals surface area contributed by atoms with Gasteiger partial charge < -0.3 is 10.0 Å². The van der Waals surface area contributed by atoms with Crippen molar-refractivity contribution in [1.29, 1.82) is 0 Å². The van der Waals surface area contributed by atoms with Gasteiger partial charge in [0.05, 0.1) is 0 Å². The van der Waals surface area contributed by atoms with Gasteiger partial charge in [-0.05, 0) is 18.2 Å². The number of aliphatic hydroxyl groups is 1. The lowest BCUT2D eigenvalue weighted by atomic mass is 10.3. The number of halogens is 1. The SMILES string of the molecule is CN(C(=O)CO)c1cccc(Cl)c1. The molecule has 0 aromatic heterocycles. The van der Waals surface area contributed by atoms with Crippen LogP contribution in [-0.2, 0) is 4.79 Å². The van der Waals surface area contributed by atoms with Crippen molar-refractivity contribution >= 4 is 23.2 Å². The number of carbonyl (C=O) groups is 1. The van der Waals surface area contributed by atoms with Crippen LogP contribution in [0.1, 0.15) is 0 Å². The molecule has 0 radical (unpaired) electrons. The van der Waals surface area contributed by atoms with Gasteiger partial charge in [0, 0.05) is 17.8 Å². The molecule has 0 aliphatic heterocycles. The van der Waals surface area contributed by atoms with E-state index in [1.807, 2.05) is 0 Å². The molecule has 0 atom stereocenters. The highest BCUT2D eigenvalue weighted by atomic mass is 35.5. The Balaban J connectivity index is 2.88. The van der Waals surface area contributed by atoms with Gasteiger partial charge in [0.15, 0.2) is 0 Å². The van der Waals surface area contributed by atoms with E-state index in [1.54, 1.807) is 31.3 Å². The summed E-state index contributed by atoms with van der Waals surface area (Å²) in [6.07, 6.45) is 0. The van der Waals surface area contributed by atoms with Gasteiger partial charge in [-0.2, -0.15) is 0 Å². The molecular weight excluding hydrogens is 190 g/mol. The monoisotopic (exact) mass is 199 g/mol. The average Bonchev–Trinajstić information content (AvgIpc) is 2.15. The van der Waals surface area contributed by atoms with E-state index in [1.165, 1.54) is 4.90 Å².